The zero-order chi connectivity index (χ0) is 33.0. The first kappa shape index (κ1) is 39.8. The summed E-state index contributed by atoms with van der Waals surface area (Å²) < 4.78 is 31.3. The highest BCUT2D eigenvalue weighted by atomic mass is 35.5. The number of nitrogens with zero attached hydrogens (tertiary/aromatic N) is 2. The summed E-state index contributed by atoms with van der Waals surface area (Å²) in [6.45, 7) is 15.4. The highest BCUT2D eigenvalue weighted by molar-refractivity contribution is 6.30. The monoisotopic (exact) mass is 622 g/mol. The molecule has 43 heavy (non-hydrogen) atoms. The molecule has 7 nitrogen and oxygen atoms in total. The van der Waals surface area contributed by atoms with E-state index in [1.807, 2.05) is 43.9 Å². The number of nitrogens with two attached hydrogens (primary N) is 1. The van der Waals surface area contributed by atoms with E-state index in [-0.39, 0.29) is 41.7 Å². The lowest BCUT2D eigenvalue weighted by molar-refractivity contribution is -0.137. The van der Waals surface area contributed by atoms with Gasteiger partial charge in [0, 0.05) is 30.3 Å². The number of epoxide rings is 1. The third kappa shape index (κ3) is 13.3. The van der Waals surface area contributed by atoms with Crippen LogP contribution in [0.3, 0.4) is 0 Å². The van der Waals surface area contributed by atoms with Gasteiger partial charge in [-0.15, -0.1) is 0 Å². The molecule has 2 amide bonds. The second-order valence-corrected chi connectivity index (χ2v) is 10.4. The molecule has 2 fully saturated rings. The number of carbonyl (C=O) groups is 2. The van der Waals surface area contributed by atoms with E-state index in [4.69, 9.17) is 26.5 Å². The third-order valence-electron chi connectivity index (χ3n) is 6.81. The van der Waals surface area contributed by atoms with Crippen molar-refractivity contribution in [3.05, 3.63) is 77.1 Å². The molecule has 2 aromatic rings. The van der Waals surface area contributed by atoms with Crippen LogP contribution < -0.4 is 5.73 Å². The van der Waals surface area contributed by atoms with E-state index in [0.29, 0.717) is 17.3 Å². The number of rotatable bonds is 7. The highest BCUT2D eigenvalue weighted by Gasteiger charge is 2.64. The number of hydrogen-bond donors (Lipinski definition) is 2. The van der Waals surface area contributed by atoms with E-state index in [2.05, 4.69) is 31.5 Å². The Morgan fingerprint density at radius 1 is 1.21 bits per heavy atom. The van der Waals surface area contributed by atoms with Crippen molar-refractivity contribution < 1.29 is 23.1 Å². The number of aromatic nitrogens is 1. The summed E-state index contributed by atoms with van der Waals surface area (Å²) in [5, 5.41) is 7.13. The molecule has 3 heterocycles. The Morgan fingerprint density at radius 3 is 2.21 bits per heavy atom. The minimum atomic E-state index is -0.405. The summed E-state index contributed by atoms with van der Waals surface area (Å²) in [6, 6.07) is 7.82. The number of pyridine rings is 1. The fourth-order valence-corrected chi connectivity index (χ4v) is 4.98. The standard InChI is InChI=1S/C20H28FNO2.C5H3ClFN.C5H9N.C2H6.CH3NO/c1-4-6-7-15(5-2)19(23)22-12-14(3)20(18(13-22)24-20)16-8-10-17(21)11-9-16;6-4-1-5(7)3-8-2-4;1-3-4-5(2)6;1-2;2-1-3/h8-11,14-15,18H,4-7,12-13H2,1-3H3;1-3H;3-4,6H,1-2H3;1-2H3;1H,(H2,2,3)/b;;4-3-,6-5?;;. The number of nitrogens with one attached hydrogen (secondary N) is 1. The number of amides is 2. The van der Waals surface area contributed by atoms with E-state index in [0.717, 1.165) is 44.0 Å². The van der Waals surface area contributed by atoms with Gasteiger partial charge < -0.3 is 20.8 Å². The zero-order valence-corrected chi connectivity index (χ0v) is 27.3. The molecule has 1 aromatic heterocycles. The summed E-state index contributed by atoms with van der Waals surface area (Å²) in [5.74, 6) is -0.00333. The molecule has 2 aliphatic heterocycles. The number of primary amides is 1. The lowest BCUT2D eigenvalue weighted by atomic mass is 9.80. The smallest absolute Gasteiger partial charge is 0.225 e. The van der Waals surface area contributed by atoms with Crippen LogP contribution in [0.2, 0.25) is 5.02 Å². The number of piperidine rings is 1. The Labute approximate surface area is 261 Å². The molecule has 3 N–H and O–H groups in total. The maximum atomic E-state index is 13.2. The van der Waals surface area contributed by atoms with Gasteiger partial charge in [0.15, 0.2) is 0 Å². The molecule has 1 aromatic carbocycles. The average molecular weight is 623 g/mol. The van der Waals surface area contributed by atoms with Gasteiger partial charge in [-0.25, -0.2) is 8.78 Å². The van der Waals surface area contributed by atoms with Crippen LogP contribution in [0.1, 0.15) is 79.7 Å². The number of unbranched alkanes of at least 4 members (excludes halogenated alkanes) is 1. The molecule has 2 aliphatic rings. The van der Waals surface area contributed by atoms with Gasteiger partial charge in [-0.05, 0) is 56.5 Å². The Morgan fingerprint density at radius 2 is 1.81 bits per heavy atom. The molecule has 4 unspecified atom stereocenters. The van der Waals surface area contributed by atoms with Gasteiger partial charge in [0.1, 0.15) is 23.3 Å². The van der Waals surface area contributed by atoms with Crippen molar-refractivity contribution in [3.63, 3.8) is 0 Å². The van der Waals surface area contributed by atoms with E-state index >= 15 is 0 Å². The maximum absolute atomic E-state index is 13.2. The normalized spacial score (nSPS) is 20.2. The molecule has 0 spiro atoms. The van der Waals surface area contributed by atoms with Crippen molar-refractivity contribution >= 4 is 29.6 Å². The minimum Gasteiger partial charge on any atom is -0.372 e. The van der Waals surface area contributed by atoms with Crippen LogP contribution in [0.5, 0.6) is 0 Å². The van der Waals surface area contributed by atoms with E-state index in [9.17, 15) is 13.6 Å². The average Bonchev–Trinajstić information content (AvgIpc) is 3.72. The second-order valence-electron chi connectivity index (χ2n) is 9.94. The van der Waals surface area contributed by atoms with Gasteiger partial charge in [0.2, 0.25) is 12.3 Å². The summed E-state index contributed by atoms with van der Waals surface area (Å²) in [4.78, 5) is 26.9. The number of benzene rings is 1. The number of hydrogen-bond acceptors (Lipinski definition) is 5. The molecular weight excluding hydrogens is 574 g/mol. The first-order valence-electron chi connectivity index (χ1n) is 14.8. The summed E-state index contributed by atoms with van der Waals surface area (Å²) in [5.41, 5.74) is 5.49. The largest absolute Gasteiger partial charge is 0.372 e. The minimum absolute atomic E-state index is 0.0411. The van der Waals surface area contributed by atoms with Crippen LogP contribution in [0.4, 0.5) is 8.78 Å². The number of halogens is 3. The van der Waals surface area contributed by atoms with Crippen molar-refractivity contribution in [1.82, 2.24) is 9.88 Å². The van der Waals surface area contributed by atoms with Crippen LogP contribution in [0.15, 0.2) is 54.9 Å². The maximum Gasteiger partial charge on any atom is 0.225 e. The second kappa shape index (κ2) is 21.5. The van der Waals surface area contributed by atoms with Gasteiger partial charge in [-0.3, -0.25) is 14.6 Å². The van der Waals surface area contributed by atoms with Crippen molar-refractivity contribution in [2.45, 2.75) is 85.9 Å². The van der Waals surface area contributed by atoms with Crippen molar-refractivity contribution in [2.24, 2.45) is 17.6 Å². The molecule has 4 rings (SSSR count). The van der Waals surface area contributed by atoms with Gasteiger partial charge in [0.25, 0.3) is 0 Å². The van der Waals surface area contributed by atoms with Crippen LogP contribution in [0, 0.1) is 28.9 Å². The van der Waals surface area contributed by atoms with Crippen LogP contribution >= 0.6 is 11.6 Å². The predicted molar refractivity (Wildman–Crippen MR) is 171 cm³/mol. The number of ether oxygens (including phenoxy) is 1. The molecule has 10 heteroatoms. The fourth-order valence-electron chi connectivity index (χ4n) is 4.82. The predicted octanol–water partition coefficient (Wildman–Crippen LogP) is 7.72. The molecule has 0 bridgehead atoms. The van der Waals surface area contributed by atoms with Crippen LogP contribution in [-0.4, -0.2) is 47.1 Å². The van der Waals surface area contributed by atoms with Crippen LogP contribution in [0.25, 0.3) is 0 Å². The van der Waals surface area contributed by atoms with E-state index < -0.39 is 5.82 Å². The molecule has 0 radical (unpaired) electrons. The zero-order valence-electron chi connectivity index (χ0n) is 26.6. The first-order chi connectivity index (χ1) is 20.5. The fraction of sp³-hybridized carbons (Fsp3) is 0.515. The summed E-state index contributed by atoms with van der Waals surface area (Å²) in [6.07, 6.45) is 10.5. The topological polar surface area (TPSA) is 113 Å². The number of likely N-dealkylation sites (tertiary alicyclic amines) is 1. The molecule has 240 valence electrons. The SMILES string of the molecule is C/C=C\C(C)=N.CC.CCCCC(CC)C(=O)N1CC(C)C2(c3ccc(F)cc3)OC2C1.Fc1cncc(Cl)c1.NC=O. The summed E-state index contributed by atoms with van der Waals surface area (Å²) in [7, 11) is 0. The van der Waals surface area contributed by atoms with Gasteiger partial charge >= 0.3 is 0 Å². The number of carbonyl (C=O) groups excluding carboxylic acids is 2. The van der Waals surface area contributed by atoms with Gasteiger partial charge in [-0.2, -0.15) is 0 Å². The van der Waals surface area contributed by atoms with Crippen molar-refractivity contribution in [3.8, 4) is 0 Å². The molecular formula is C33H49ClF2N4O3. The number of allylic oxidation sites excluding steroid dienone is 2. The summed E-state index contributed by atoms with van der Waals surface area (Å²) >= 11 is 5.34. The Bertz CT molecular complexity index is 1120. The van der Waals surface area contributed by atoms with E-state index in [1.165, 1.54) is 24.4 Å². The lowest BCUT2D eigenvalue weighted by Gasteiger charge is -2.35. The lowest BCUT2D eigenvalue weighted by Crippen LogP contribution is -2.48. The van der Waals surface area contributed by atoms with E-state index in [1.54, 1.807) is 13.0 Å². The van der Waals surface area contributed by atoms with Gasteiger partial charge in [-0.1, -0.05) is 77.3 Å². The Kier molecular flexibility index (Phi) is 19.9. The van der Waals surface area contributed by atoms with Gasteiger partial charge in [0.05, 0.1) is 17.8 Å². The van der Waals surface area contributed by atoms with Crippen molar-refractivity contribution in [1.29, 1.82) is 5.41 Å². The Hall–Kier alpha value is -3.17. The molecule has 0 saturated carbocycles. The number of fused-ring (bicyclic) bond motifs is 1. The molecule has 4 atom stereocenters. The molecule has 2 saturated heterocycles. The van der Waals surface area contributed by atoms with Crippen LogP contribution in [-0.2, 0) is 19.9 Å². The molecule has 0 aliphatic carbocycles. The Balaban J connectivity index is 0.000000759. The van der Waals surface area contributed by atoms with Crippen molar-refractivity contribution in [2.75, 3.05) is 13.1 Å². The quantitative estimate of drug-likeness (QED) is 0.187. The first-order valence-corrected chi connectivity index (χ1v) is 15.2. The highest BCUT2D eigenvalue weighted by Crippen LogP contribution is 2.55. The third-order valence-corrected chi connectivity index (χ3v) is 7.02.